The van der Waals surface area contributed by atoms with Crippen LogP contribution in [0.1, 0.15) is 54.9 Å². The Bertz CT molecular complexity index is 2800. The maximum absolute atomic E-state index is 14.3. The molecule has 13 nitrogen and oxygen atoms in total. The summed E-state index contributed by atoms with van der Waals surface area (Å²) in [6, 6.07) is 26.3. The fourth-order valence-electron chi connectivity index (χ4n) is 10.8. The molecule has 73 heavy (non-hydrogen) atoms. The van der Waals surface area contributed by atoms with E-state index in [4.69, 9.17) is 16.3 Å². The van der Waals surface area contributed by atoms with Crippen molar-refractivity contribution >= 4 is 78.5 Å². The molecule has 4 atom stereocenters. The first kappa shape index (κ1) is 55.3. The summed E-state index contributed by atoms with van der Waals surface area (Å²) in [4.78, 5) is 21.9. The van der Waals surface area contributed by atoms with Crippen LogP contribution in [0.4, 0.5) is 24.5 Å². The molecule has 0 radical (unpaired) electrons. The minimum Gasteiger partial charge on any atom is -0.380 e. The van der Waals surface area contributed by atoms with Crippen LogP contribution in [0, 0.1) is 5.41 Å². The minimum atomic E-state index is -6.06. The Morgan fingerprint density at radius 1 is 0.918 bits per heavy atom. The number of morpholine rings is 1. The van der Waals surface area contributed by atoms with E-state index in [1.807, 2.05) is 47.2 Å². The van der Waals surface area contributed by atoms with Crippen LogP contribution in [0.15, 0.2) is 117 Å². The zero-order valence-electron chi connectivity index (χ0n) is 40.8. The number of anilines is 2. The summed E-state index contributed by atoms with van der Waals surface area (Å²) in [5, 5.41) is 7.22. The molecular weight excluding hydrogens is 1040 g/mol. The van der Waals surface area contributed by atoms with Crippen LogP contribution in [0.2, 0.25) is 5.02 Å². The number of piperazine rings is 2. The number of likely N-dealkylation sites (tertiary alicyclic amines) is 1. The van der Waals surface area contributed by atoms with Crippen molar-refractivity contribution in [3.8, 4) is 0 Å². The van der Waals surface area contributed by atoms with Crippen molar-refractivity contribution in [2.75, 3.05) is 101 Å². The number of fused-ring (bicyclic) bond motifs is 2. The maximum atomic E-state index is 14.3. The molecule has 3 N–H and O–H groups in total. The highest BCUT2D eigenvalue weighted by molar-refractivity contribution is 7.99. The quantitative estimate of drug-likeness (QED) is 0.0824. The van der Waals surface area contributed by atoms with Gasteiger partial charge in [0.15, 0.2) is 0 Å². The van der Waals surface area contributed by atoms with E-state index in [-0.39, 0.29) is 35.5 Å². The number of hydrogen-bond donors (Lipinski definition) is 3. The fourth-order valence-corrected chi connectivity index (χ4v) is 14.0. The highest BCUT2D eigenvalue weighted by Crippen LogP contribution is 2.44. The number of halogens is 5. The summed E-state index contributed by atoms with van der Waals surface area (Å²) in [5.74, 6) is -0.643. The average molecular weight is 1110 g/mol. The predicted molar refractivity (Wildman–Crippen MR) is 285 cm³/mol. The van der Waals surface area contributed by atoms with Gasteiger partial charge in [-0.15, -0.1) is 24.2 Å². The van der Waals surface area contributed by atoms with E-state index in [0.717, 1.165) is 125 Å². The molecule has 4 fully saturated rings. The first-order valence-corrected chi connectivity index (χ1v) is 29.0. The number of sulfone groups is 1. The van der Waals surface area contributed by atoms with E-state index in [2.05, 4.69) is 49.3 Å². The molecule has 21 heteroatoms. The lowest BCUT2D eigenvalue weighted by atomic mass is 9.71. The fraction of sp³-hybridized carbons (Fsp3) is 0.481. The van der Waals surface area contributed by atoms with Gasteiger partial charge in [-0.1, -0.05) is 54.4 Å². The molecule has 0 spiro atoms. The lowest BCUT2D eigenvalue weighted by Crippen LogP contribution is -2.49. The monoisotopic (exact) mass is 1110 g/mol. The zero-order chi connectivity index (χ0) is 50.7. The molecule has 4 aliphatic heterocycles. The number of benzene rings is 4. The molecule has 396 valence electrons. The predicted octanol–water partition coefficient (Wildman–Crippen LogP) is 8.28. The molecule has 1 aliphatic carbocycles. The number of sulfonamides is 1. The molecule has 4 aromatic carbocycles. The molecule has 9 rings (SSSR count). The molecule has 5 aliphatic rings. The van der Waals surface area contributed by atoms with Crippen LogP contribution in [0.3, 0.4) is 0 Å². The molecule has 4 heterocycles. The SMILES string of the molecule is C[C@@]1(CN2CCNCC2)CCC(c2ccc(Cl)cc2)=C(CN2CCN(c3ccc(C(=O)NS(=O)(=O)c4ccc(N[C@H](CCN5C[C@H]6C[C@@H]5CO6)CSc5ccccc5)c(S(=O)(=O)C(F)(F)F)c4)cc3)CC2)C1.Cl. The summed E-state index contributed by atoms with van der Waals surface area (Å²) in [7, 11) is -10.9. The van der Waals surface area contributed by atoms with Gasteiger partial charge in [0.05, 0.1) is 23.3 Å². The van der Waals surface area contributed by atoms with Gasteiger partial charge in [0, 0.05) is 118 Å². The van der Waals surface area contributed by atoms with Gasteiger partial charge < -0.3 is 25.2 Å². The van der Waals surface area contributed by atoms with Gasteiger partial charge in [-0.05, 0) is 115 Å². The van der Waals surface area contributed by atoms with Crippen molar-refractivity contribution in [2.24, 2.45) is 5.41 Å². The molecule has 0 aromatic heterocycles. The van der Waals surface area contributed by atoms with Crippen molar-refractivity contribution in [1.82, 2.24) is 24.7 Å². The number of ether oxygens (including phenoxy) is 1. The van der Waals surface area contributed by atoms with E-state index in [0.29, 0.717) is 31.4 Å². The van der Waals surface area contributed by atoms with Gasteiger partial charge in [0.1, 0.15) is 4.90 Å². The van der Waals surface area contributed by atoms with E-state index in [1.165, 1.54) is 40.6 Å². The Labute approximate surface area is 443 Å². The van der Waals surface area contributed by atoms with Gasteiger partial charge in [0.25, 0.3) is 25.8 Å². The van der Waals surface area contributed by atoms with Crippen molar-refractivity contribution in [3.05, 3.63) is 119 Å². The van der Waals surface area contributed by atoms with Crippen molar-refractivity contribution < 1.29 is 39.5 Å². The Kier molecular flexibility index (Phi) is 17.9. The summed E-state index contributed by atoms with van der Waals surface area (Å²) in [6.45, 7) is 13.6. The summed E-state index contributed by atoms with van der Waals surface area (Å²) in [6.07, 6.45) is 4.67. The van der Waals surface area contributed by atoms with Gasteiger partial charge >= 0.3 is 5.51 Å². The molecule has 0 unspecified atom stereocenters. The second-order valence-corrected chi connectivity index (χ2v) is 25.2. The molecule has 4 aromatic rings. The van der Waals surface area contributed by atoms with E-state index < -0.39 is 52.8 Å². The normalized spacial score (nSPS) is 22.8. The number of carbonyl (C=O) groups is 1. The number of nitrogens with one attached hydrogen (secondary N) is 3. The third-order valence-corrected chi connectivity index (χ3v) is 19.0. The number of alkyl halides is 3. The van der Waals surface area contributed by atoms with Crippen LogP contribution in [0.5, 0.6) is 0 Å². The number of thioether (sulfide) groups is 1. The minimum absolute atomic E-state index is 0. The summed E-state index contributed by atoms with van der Waals surface area (Å²) in [5.41, 5.74) is -1.00. The number of carbonyl (C=O) groups excluding carboxylic acids is 1. The number of hydrogen-bond acceptors (Lipinski definition) is 13. The first-order chi connectivity index (χ1) is 34.4. The van der Waals surface area contributed by atoms with Gasteiger partial charge in [0.2, 0.25) is 0 Å². The van der Waals surface area contributed by atoms with Crippen LogP contribution in [0.25, 0.3) is 5.57 Å². The maximum Gasteiger partial charge on any atom is 0.501 e. The van der Waals surface area contributed by atoms with Crippen molar-refractivity contribution in [1.29, 1.82) is 0 Å². The molecule has 4 saturated heterocycles. The van der Waals surface area contributed by atoms with Gasteiger partial charge in [-0.2, -0.15) is 13.2 Å². The van der Waals surface area contributed by atoms with Crippen LogP contribution >= 0.6 is 35.8 Å². The van der Waals surface area contributed by atoms with Crippen LogP contribution in [-0.4, -0.2) is 152 Å². The van der Waals surface area contributed by atoms with Crippen molar-refractivity contribution in [3.63, 3.8) is 0 Å². The number of rotatable bonds is 18. The van der Waals surface area contributed by atoms with Gasteiger partial charge in [-0.3, -0.25) is 14.6 Å². The topological polar surface area (TPSA) is 144 Å². The summed E-state index contributed by atoms with van der Waals surface area (Å²) < 4.78 is 104. The van der Waals surface area contributed by atoms with E-state index >= 15 is 0 Å². The first-order valence-electron chi connectivity index (χ1n) is 24.7. The third-order valence-electron chi connectivity index (χ3n) is 14.8. The third kappa shape index (κ3) is 13.6. The van der Waals surface area contributed by atoms with Gasteiger partial charge in [-0.25, -0.2) is 21.6 Å². The number of allylic oxidation sites excluding steroid dienone is 1. The van der Waals surface area contributed by atoms with Crippen molar-refractivity contribution in [2.45, 2.75) is 77.4 Å². The second-order valence-electron chi connectivity index (χ2n) is 20.0. The van der Waals surface area contributed by atoms with E-state index in [9.17, 15) is 34.8 Å². The Morgan fingerprint density at radius 2 is 1.63 bits per heavy atom. The highest BCUT2D eigenvalue weighted by Gasteiger charge is 2.49. The lowest BCUT2D eigenvalue weighted by Gasteiger charge is -2.43. The molecule has 2 bridgehead atoms. The average Bonchev–Trinajstić information content (AvgIpc) is 4.00. The smallest absolute Gasteiger partial charge is 0.380 e. The Balaban J connectivity index is 0.00000711. The number of amides is 1. The Morgan fingerprint density at radius 3 is 2.29 bits per heavy atom. The lowest BCUT2D eigenvalue weighted by molar-refractivity contribution is -0.0435. The molecule has 1 amide bonds. The summed E-state index contributed by atoms with van der Waals surface area (Å²) >= 11 is 7.75. The van der Waals surface area contributed by atoms with E-state index in [1.54, 1.807) is 12.1 Å². The largest absolute Gasteiger partial charge is 0.501 e. The zero-order valence-corrected chi connectivity index (χ0v) is 44.8. The molecule has 0 saturated carbocycles. The molecular formula is C52H64Cl2F3N7O6S3. The van der Waals surface area contributed by atoms with Crippen LogP contribution < -0.4 is 20.3 Å². The highest BCUT2D eigenvalue weighted by atomic mass is 35.5. The Hall–Kier alpha value is -3.89. The second kappa shape index (κ2) is 23.6. The number of nitrogens with zero attached hydrogens (tertiary/aromatic N) is 4. The van der Waals surface area contributed by atoms with Crippen LogP contribution in [-0.2, 0) is 24.6 Å². The standard InChI is InChI=1S/C52H63ClF3N7O6S3.ClH/c1-51(36-61-23-20-57-21-24-61)19-17-47(37-7-11-40(53)12-8-37)39(31-51)32-60-25-27-62(28-26-60)42-13-9-38(10-14-42)50(64)59-72(67,68)46-15-16-48(49(30-46)71(65,66)52(54,55)56)58-41(35-70-45-5-3-2-4-6-45)18-22-63-33-44-29-43(63)34-69-44;/h2-16,30,41,43-44,57-58H,17-29,31-36H2,1H3,(H,59,64);1H/t41-,43-,44-,51-;/m1./s1.